The molecule has 0 saturated heterocycles. The molecule has 0 bridgehead atoms. The predicted octanol–water partition coefficient (Wildman–Crippen LogP) is 3.03. The lowest BCUT2D eigenvalue weighted by Crippen LogP contribution is -2.39. The molecule has 0 radical (unpaired) electrons. The van der Waals surface area contributed by atoms with Crippen LogP contribution < -0.4 is 15.4 Å². The van der Waals surface area contributed by atoms with Gasteiger partial charge >= 0.3 is 6.03 Å². The fourth-order valence-electron chi connectivity index (χ4n) is 1.33. The molecule has 0 spiro atoms. The number of aromatic nitrogens is 1. The van der Waals surface area contributed by atoms with Crippen molar-refractivity contribution in [2.75, 3.05) is 5.32 Å². The molecule has 1 aromatic heterocycles. The van der Waals surface area contributed by atoms with Crippen molar-refractivity contribution in [3.8, 4) is 5.88 Å². The number of ether oxygens (including phenoxy) is 1. The van der Waals surface area contributed by atoms with Crippen LogP contribution in [0.25, 0.3) is 0 Å². The van der Waals surface area contributed by atoms with Crippen molar-refractivity contribution in [2.45, 2.75) is 46.8 Å². The monoisotopic (exact) mass is 265 g/mol. The zero-order valence-corrected chi connectivity index (χ0v) is 12.2. The van der Waals surface area contributed by atoms with Crippen LogP contribution in [0.2, 0.25) is 0 Å². The highest BCUT2D eigenvalue weighted by atomic mass is 16.5. The van der Waals surface area contributed by atoms with Crippen LogP contribution in [0.4, 0.5) is 10.5 Å². The third kappa shape index (κ3) is 5.16. The number of rotatable bonds is 5. The molecular formula is C14H23N3O2. The van der Waals surface area contributed by atoms with Crippen molar-refractivity contribution in [1.29, 1.82) is 0 Å². The summed E-state index contributed by atoms with van der Waals surface area (Å²) in [4.78, 5) is 16.0. The Morgan fingerprint density at radius 2 is 1.95 bits per heavy atom. The number of hydrogen-bond acceptors (Lipinski definition) is 3. The van der Waals surface area contributed by atoms with Gasteiger partial charge in [-0.05, 0) is 38.8 Å². The molecule has 5 nitrogen and oxygen atoms in total. The first-order chi connectivity index (χ1) is 8.90. The van der Waals surface area contributed by atoms with Crippen LogP contribution in [-0.4, -0.2) is 23.2 Å². The molecule has 5 heteroatoms. The van der Waals surface area contributed by atoms with Gasteiger partial charge < -0.3 is 15.4 Å². The summed E-state index contributed by atoms with van der Waals surface area (Å²) in [6.07, 6.45) is 1.64. The van der Waals surface area contributed by atoms with Crippen LogP contribution in [0.15, 0.2) is 18.3 Å². The summed E-state index contributed by atoms with van der Waals surface area (Å²) >= 11 is 0. The highest BCUT2D eigenvalue weighted by molar-refractivity contribution is 5.90. The van der Waals surface area contributed by atoms with Gasteiger partial charge in [0.2, 0.25) is 5.88 Å². The highest BCUT2D eigenvalue weighted by Crippen LogP contribution is 2.21. The van der Waals surface area contributed by atoms with E-state index in [1.165, 1.54) is 0 Å². The molecule has 0 aliphatic rings. The van der Waals surface area contributed by atoms with E-state index in [1.54, 1.807) is 18.3 Å². The molecule has 1 atom stereocenters. The highest BCUT2D eigenvalue weighted by Gasteiger charge is 2.13. The van der Waals surface area contributed by atoms with E-state index in [2.05, 4.69) is 29.5 Å². The van der Waals surface area contributed by atoms with Gasteiger partial charge in [-0.25, -0.2) is 9.78 Å². The summed E-state index contributed by atoms with van der Waals surface area (Å²) in [7, 11) is 0. The van der Waals surface area contributed by atoms with E-state index in [0.29, 0.717) is 17.5 Å². The average molecular weight is 265 g/mol. The Morgan fingerprint density at radius 3 is 2.53 bits per heavy atom. The van der Waals surface area contributed by atoms with Crippen LogP contribution in [0.3, 0.4) is 0 Å². The van der Waals surface area contributed by atoms with Gasteiger partial charge in [0.15, 0.2) is 0 Å². The number of pyridine rings is 1. The molecule has 2 N–H and O–H groups in total. The molecule has 0 saturated carbocycles. The zero-order chi connectivity index (χ0) is 14.4. The van der Waals surface area contributed by atoms with Crippen LogP contribution in [0.1, 0.15) is 34.6 Å². The molecule has 2 amide bonds. The van der Waals surface area contributed by atoms with E-state index in [4.69, 9.17) is 4.74 Å². The maximum atomic E-state index is 11.9. The second kappa shape index (κ2) is 6.97. The Bertz CT molecular complexity index is 419. The Labute approximate surface area is 114 Å². The van der Waals surface area contributed by atoms with Gasteiger partial charge in [0, 0.05) is 12.2 Å². The molecule has 1 heterocycles. The van der Waals surface area contributed by atoms with Crippen LogP contribution in [0.5, 0.6) is 5.88 Å². The first kappa shape index (κ1) is 15.3. The second-order valence-corrected chi connectivity index (χ2v) is 5.15. The van der Waals surface area contributed by atoms with Crippen molar-refractivity contribution in [2.24, 2.45) is 5.92 Å². The topological polar surface area (TPSA) is 63.2 Å². The minimum Gasteiger partial charge on any atom is -0.473 e. The molecule has 1 unspecified atom stereocenters. The number of hydrogen-bond donors (Lipinski definition) is 2. The van der Waals surface area contributed by atoms with Gasteiger partial charge in [-0.15, -0.1) is 0 Å². The summed E-state index contributed by atoms with van der Waals surface area (Å²) in [6.45, 7) is 9.92. The average Bonchev–Trinajstić information content (AvgIpc) is 2.30. The van der Waals surface area contributed by atoms with Gasteiger partial charge in [0.1, 0.15) is 5.69 Å². The van der Waals surface area contributed by atoms with E-state index in [0.717, 1.165) is 0 Å². The van der Waals surface area contributed by atoms with Crippen LogP contribution in [-0.2, 0) is 0 Å². The SMILES string of the molecule is CC(C)Oc1ncccc1NC(=O)NC(C)C(C)C. The van der Waals surface area contributed by atoms with Gasteiger partial charge in [-0.3, -0.25) is 0 Å². The van der Waals surface area contributed by atoms with E-state index < -0.39 is 0 Å². The standard InChI is InChI=1S/C14H23N3O2/c1-9(2)11(5)16-14(18)17-12-7-6-8-15-13(12)19-10(3)4/h6-11H,1-5H3,(H2,16,17,18). The lowest BCUT2D eigenvalue weighted by atomic mass is 10.1. The largest absolute Gasteiger partial charge is 0.473 e. The summed E-state index contributed by atoms with van der Waals surface area (Å²) in [6, 6.07) is 3.38. The third-order valence-electron chi connectivity index (χ3n) is 2.73. The third-order valence-corrected chi connectivity index (χ3v) is 2.73. The smallest absolute Gasteiger partial charge is 0.319 e. The van der Waals surface area contributed by atoms with Crippen LogP contribution in [0, 0.1) is 5.92 Å². The normalized spacial score (nSPS) is 12.4. The van der Waals surface area contributed by atoms with E-state index in [-0.39, 0.29) is 18.2 Å². The number of nitrogens with zero attached hydrogens (tertiary/aromatic N) is 1. The first-order valence-electron chi connectivity index (χ1n) is 6.59. The lowest BCUT2D eigenvalue weighted by Gasteiger charge is -2.19. The number of anilines is 1. The molecule has 0 fully saturated rings. The molecule has 19 heavy (non-hydrogen) atoms. The predicted molar refractivity (Wildman–Crippen MR) is 76.5 cm³/mol. The fraction of sp³-hybridized carbons (Fsp3) is 0.571. The van der Waals surface area contributed by atoms with Crippen LogP contribution >= 0.6 is 0 Å². The van der Waals surface area contributed by atoms with Gasteiger partial charge in [-0.2, -0.15) is 0 Å². The number of amides is 2. The van der Waals surface area contributed by atoms with Gasteiger partial charge in [0.05, 0.1) is 6.10 Å². The molecule has 0 aliphatic heterocycles. The molecule has 0 aromatic carbocycles. The van der Waals surface area contributed by atoms with Crippen molar-refractivity contribution < 1.29 is 9.53 Å². The number of carbonyl (C=O) groups excluding carboxylic acids is 1. The molecule has 106 valence electrons. The van der Waals surface area contributed by atoms with E-state index in [1.807, 2.05) is 20.8 Å². The maximum Gasteiger partial charge on any atom is 0.319 e. The minimum atomic E-state index is -0.247. The molecular weight excluding hydrogens is 242 g/mol. The Kier molecular flexibility index (Phi) is 5.60. The zero-order valence-electron chi connectivity index (χ0n) is 12.2. The van der Waals surface area contributed by atoms with E-state index >= 15 is 0 Å². The van der Waals surface area contributed by atoms with E-state index in [9.17, 15) is 4.79 Å². The summed E-state index contributed by atoms with van der Waals surface area (Å²) in [5, 5.41) is 5.64. The maximum absolute atomic E-state index is 11.9. The Morgan fingerprint density at radius 1 is 1.26 bits per heavy atom. The Hall–Kier alpha value is -1.78. The molecule has 1 aromatic rings. The number of nitrogens with one attached hydrogen (secondary N) is 2. The summed E-state index contributed by atoms with van der Waals surface area (Å²) in [5.74, 6) is 0.816. The quantitative estimate of drug-likeness (QED) is 0.860. The summed E-state index contributed by atoms with van der Waals surface area (Å²) < 4.78 is 5.55. The summed E-state index contributed by atoms with van der Waals surface area (Å²) in [5.41, 5.74) is 0.574. The van der Waals surface area contributed by atoms with Crippen molar-refractivity contribution in [3.63, 3.8) is 0 Å². The molecule has 0 aliphatic carbocycles. The van der Waals surface area contributed by atoms with Crippen molar-refractivity contribution in [1.82, 2.24) is 10.3 Å². The minimum absolute atomic E-state index is 0.00750. The second-order valence-electron chi connectivity index (χ2n) is 5.15. The Balaban J connectivity index is 2.68. The van der Waals surface area contributed by atoms with Crippen molar-refractivity contribution in [3.05, 3.63) is 18.3 Å². The van der Waals surface area contributed by atoms with Gasteiger partial charge in [-0.1, -0.05) is 13.8 Å². The first-order valence-corrected chi connectivity index (χ1v) is 6.59. The molecule has 1 rings (SSSR count). The van der Waals surface area contributed by atoms with Gasteiger partial charge in [0.25, 0.3) is 0 Å². The fourth-order valence-corrected chi connectivity index (χ4v) is 1.33. The lowest BCUT2D eigenvalue weighted by molar-refractivity contribution is 0.232. The number of urea groups is 1. The number of carbonyl (C=O) groups is 1. The van der Waals surface area contributed by atoms with Crippen molar-refractivity contribution >= 4 is 11.7 Å².